The van der Waals surface area contributed by atoms with E-state index in [2.05, 4.69) is 26.2 Å². The van der Waals surface area contributed by atoms with Crippen LogP contribution in [-0.2, 0) is 0 Å². The third-order valence-corrected chi connectivity index (χ3v) is 3.39. The summed E-state index contributed by atoms with van der Waals surface area (Å²) in [5.41, 5.74) is 6.21. The average Bonchev–Trinajstić information content (AvgIpc) is 2.29. The number of benzene rings is 1. The molecule has 1 aromatic heterocycles. The largest absolute Gasteiger partial charge is 0.382 e. The zero-order valence-corrected chi connectivity index (χ0v) is 11.9. The van der Waals surface area contributed by atoms with Gasteiger partial charge in [-0.05, 0) is 40.2 Å². The molecule has 0 saturated heterocycles. The highest BCUT2D eigenvalue weighted by molar-refractivity contribution is 9.10. The fourth-order valence-electron chi connectivity index (χ4n) is 1.29. The Kier molecular flexibility index (Phi) is 3.94. The van der Waals surface area contributed by atoms with E-state index in [1.165, 1.54) is 18.2 Å². The van der Waals surface area contributed by atoms with Gasteiger partial charge in [-0.1, -0.05) is 23.2 Å². The molecule has 94 valence electrons. The van der Waals surface area contributed by atoms with Crippen LogP contribution in [0.15, 0.2) is 28.7 Å². The second-order valence-electron chi connectivity index (χ2n) is 3.44. The Bertz CT molecular complexity index is 607. The molecule has 0 bridgehead atoms. The molecular weight excluding hydrogens is 344 g/mol. The van der Waals surface area contributed by atoms with E-state index >= 15 is 0 Å². The van der Waals surface area contributed by atoms with E-state index < -0.39 is 0 Å². The highest BCUT2D eigenvalue weighted by Gasteiger charge is 2.09. The minimum Gasteiger partial charge on any atom is -0.382 e. The number of nitrogens with two attached hydrogens (primary N) is 1. The Morgan fingerprint density at radius 3 is 2.61 bits per heavy atom. The average molecular weight is 351 g/mol. The molecule has 1 heterocycles. The predicted molar refractivity (Wildman–Crippen MR) is 76.1 cm³/mol. The Labute approximate surface area is 121 Å². The lowest BCUT2D eigenvalue weighted by molar-refractivity contribution is 0.627. The number of nitrogens with one attached hydrogen (secondary N) is 1. The van der Waals surface area contributed by atoms with E-state index in [4.69, 9.17) is 28.9 Å². The number of anilines is 3. The summed E-state index contributed by atoms with van der Waals surface area (Å²) in [4.78, 5) is 4.02. The van der Waals surface area contributed by atoms with Gasteiger partial charge in [0, 0.05) is 4.47 Å². The number of nitrogens with zero attached hydrogens (tertiary/aromatic N) is 1. The number of nitrogen functional groups attached to an aromatic ring is 1. The van der Waals surface area contributed by atoms with E-state index in [-0.39, 0.29) is 16.7 Å². The molecular formula is C11H7BrCl2FN3. The van der Waals surface area contributed by atoms with Gasteiger partial charge in [-0.25, -0.2) is 9.37 Å². The number of hydrogen-bond donors (Lipinski definition) is 2. The van der Waals surface area contributed by atoms with Crippen molar-refractivity contribution in [2.24, 2.45) is 0 Å². The minimum atomic E-state index is -0.345. The molecule has 3 nitrogen and oxygen atoms in total. The first-order valence-corrected chi connectivity index (χ1v) is 6.36. The Hall–Kier alpha value is -1.04. The molecule has 0 saturated carbocycles. The van der Waals surface area contributed by atoms with Crippen LogP contribution in [0.25, 0.3) is 0 Å². The second-order valence-corrected chi connectivity index (χ2v) is 5.10. The van der Waals surface area contributed by atoms with Gasteiger partial charge in [-0.2, -0.15) is 0 Å². The van der Waals surface area contributed by atoms with Crippen molar-refractivity contribution < 1.29 is 4.39 Å². The maximum absolute atomic E-state index is 12.9. The predicted octanol–water partition coefficient (Wildman–Crippen LogP) is 4.62. The molecule has 0 atom stereocenters. The molecule has 0 radical (unpaired) electrons. The molecule has 0 spiro atoms. The Morgan fingerprint density at radius 2 is 1.94 bits per heavy atom. The molecule has 3 N–H and O–H groups in total. The second kappa shape index (κ2) is 5.30. The lowest BCUT2D eigenvalue weighted by atomic mass is 10.3. The molecule has 1 aromatic carbocycles. The molecule has 2 aromatic rings. The fraction of sp³-hybridized carbons (Fsp3) is 0. The zero-order chi connectivity index (χ0) is 13.3. The van der Waals surface area contributed by atoms with Crippen LogP contribution >= 0.6 is 39.1 Å². The summed E-state index contributed by atoms with van der Waals surface area (Å²) in [5.74, 6) is 0.176. The van der Waals surface area contributed by atoms with Gasteiger partial charge in [0.1, 0.15) is 11.6 Å². The van der Waals surface area contributed by atoms with Crippen LogP contribution in [0.1, 0.15) is 0 Å². The third-order valence-electron chi connectivity index (χ3n) is 2.14. The quantitative estimate of drug-likeness (QED) is 0.831. The Morgan fingerprint density at radius 1 is 1.22 bits per heavy atom. The highest BCUT2D eigenvalue weighted by Crippen LogP contribution is 2.32. The fourth-order valence-corrected chi connectivity index (χ4v) is 2.14. The van der Waals surface area contributed by atoms with Crippen molar-refractivity contribution in [1.82, 2.24) is 4.98 Å². The molecule has 0 aliphatic carbocycles. The minimum absolute atomic E-state index is 0.168. The number of aromatic nitrogens is 1. The van der Waals surface area contributed by atoms with Crippen LogP contribution in [0.2, 0.25) is 10.0 Å². The standard InChI is InChI=1S/C11H7BrCl2FN3/c12-6-3-5(15)1-2-9(6)17-11-8(14)4-7(13)10(16)18-11/h1-4H,(H3,16,17,18). The number of pyridine rings is 1. The molecule has 18 heavy (non-hydrogen) atoms. The molecule has 2 rings (SSSR count). The third kappa shape index (κ3) is 2.85. The number of halogens is 4. The first kappa shape index (κ1) is 13.4. The van der Waals surface area contributed by atoms with Crippen molar-refractivity contribution >= 4 is 56.5 Å². The van der Waals surface area contributed by atoms with E-state index in [1.807, 2.05) is 0 Å². The molecule has 0 amide bonds. The maximum atomic E-state index is 12.9. The summed E-state index contributed by atoms with van der Waals surface area (Å²) in [6.07, 6.45) is 0. The van der Waals surface area contributed by atoms with Crippen LogP contribution < -0.4 is 11.1 Å². The molecule has 0 unspecified atom stereocenters. The van der Waals surface area contributed by atoms with Crippen LogP contribution in [0, 0.1) is 5.82 Å². The molecule has 7 heteroatoms. The van der Waals surface area contributed by atoms with Gasteiger partial charge in [0.2, 0.25) is 0 Å². The first-order valence-electron chi connectivity index (χ1n) is 4.81. The summed E-state index contributed by atoms with van der Waals surface area (Å²) < 4.78 is 13.5. The highest BCUT2D eigenvalue weighted by atomic mass is 79.9. The summed E-state index contributed by atoms with van der Waals surface area (Å²) in [6.45, 7) is 0. The van der Waals surface area contributed by atoms with Crippen LogP contribution in [-0.4, -0.2) is 4.98 Å². The normalized spacial score (nSPS) is 10.4. The summed E-state index contributed by atoms with van der Waals surface area (Å²) >= 11 is 15.0. The van der Waals surface area contributed by atoms with Gasteiger partial charge < -0.3 is 11.1 Å². The van der Waals surface area contributed by atoms with Gasteiger partial charge in [0.05, 0.1) is 15.7 Å². The van der Waals surface area contributed by atoms with Crippen molar-refractivity contribution in [1.29, 1.82) is 0 Å². The molecule has 0 fully saturated rings. The van der Waals surface area contributed by atoms with Gasteiger partial charge >= 0.3 is 0 Å². The summed E-state index contributed by atoms with van der Waals surface area (Å²) in [7, 11) is 0. The van der Waals surface area contributed by atoms with Gasteiger partial charge in [0.15, 0.2) is 5.82 Å². The zero-order valence-electron chi connectivity index (χ0n) is 8.85. The topological polar surface area (TPSA) is 50.9 Å². The molecule has 0 aliphatic heterocycles. The summed E-state index contributed by atoms with van der Waals surface area (Å²) in [6, 6.07) is 5.70. The lowest BCUT2D eigenvalue weighted by Gasteiger charge is -2.10. The van der Waals surface area contributed by atoms with Crippen LogP contribution in [0.5, 0.6) is 0 Å². The van der Waals surface area contributed by atoms with E-state index in [0.717, 1.165) is 0 Å². The smallest absolute Gasteiger partial charge is 0.151 e. The maximum Gasteiger partial charge on any atom is 0.151 e. The van der Waals surface area contributed by atoms with Crippen LogP contribution in [0.4, 0.5) is 21.7 Å². The lowest BCUT2D eigenvalue weighted by Crippen LogP contribution is -1.99. The van der Waals surface area contributed by atoms with Gasteiger partial charge in [0.25, 0.3) is 0 Å². The van der Waals surface area contributed by atoms with Gasteiger partial charge in [-0.15, -0.1) is 0 Å². The number of rotatable bonds is 2. The van der Waals surface area contributed by atoms with Gasteiger partial charge in [-0.3, -0.25) is 0 Å². The van der Waals surface area contributed by atoms with Crippen molar-refractivity contribution in [3.8, 4) is 0 Å². The van der Waals surface area contributed by atoms with E-state index in [0.29, 0.717) is 21.0 Å². The first-order chi connectivity index (χ1) is 8.47. The van der Waals surface area contributed by atoms with Crippen molar-refractivity contribution in [2.45, 2.75) is 0 Å². The van der Waals surface area contributed by atoms with Crippen molar-refractivity contribution in [3.63, 3.8) is 0 Å². The Balaban J connectivity index is 2.37. The van der Waals surface area contributed by atoms with Crippen molar-refractivity contribution in [2.75, 3.05) is 11.1 Å². The SMILES string of the molecule is Nc1nc(Nc2ccc(F)cc2Br)c(Cl)cc1Cl. The summed E-state index contributed by atoms with van der Waals surface area (Å²) in [5, 5.41) is 3.55. The monoisotopic (exact) mass is 349 g/mol. The number of hydrogen-bond acceptors (Lipinski definition) is 3. The van der Waals surface area contributed by atoms with Crippen LogP contribution in [0.3, 0.4) is 0 Å². The van der Waals surface area contributed by atoms with E-state index in [1.54, 1.807) is 6.07 Å². The van der Waals surface area contributed by atoms with Crippen molar-refractivity contribution in [3.05, 3.63) is 44.6 Å². The molecule has 0 aliphatic rings. The van der Waals surface area contributed by atoms with E-state index in [9.17, 15) is 4.39 Å².